The van der Waals surface area contributed by atoms with Crippen LogP contribution >= 0.6 is 7.37 Å². The van der Waals surface area contributed by atoms with Crippen molar-refractivity contribution in [1.29, 1.82) is 0 Å². The highest BCUT2D eigenvalue weighted by molar-refractivity contribution is 7.67. The summed E-state index contributed by atoms with van der Waals surface area (Å²) in [6, 6.07) is 23.0. The maximum absolute atomic E-state index is 14.7. The molecule has 3 rings (SSSR count). The third kappa shape index (κ3) is 5.70. The lowest BCUT2D eigenvalue weighted by Crippen LogP contribution is -2.21. The fourth-order valence-corrected chi connectivity index (χ4v) is 6.05. The Kier molecular flexibility index (Phi) is 8.43. The first-order valence-corrected chi connectivity index (χ1v) is 12.7. The van der Waals surface area contributed by atoms with E-state index in [9.17, 15) is 4.57 Å². The van der Waals surface area contributed by atoms with Crippen molar-refractivity contribution in [3.8, 4) is 11.5 Å². The summed E-state index contributed by atoms with van der Waals surface area (Å²) in [4.78, 5) is 2.01. The van der Waals surface area contributed by atoms with Gasteiger partial charge in [-0.15, -0.1) is 0 Å². The Bertz CT molecular complexity index is 1070. The minimum Gasteiger partial charge on any atom is -0.493 e. The lowest BCUT2D eigenvalue weighted by atomic mass is 10.2. The molecule has 0 aliphatic carbocycles. The first-order valence-electron chi connectivity index (χ1n) is 11.0. The number of nitrogens with one attached hydrogen (secondary N) is 1. The molecule has 0 fully saturated rings. The van der Waals surface area contributed by atoms with Crippen LogP contribution in [0.25, 0.3) is 0 Å². The molecule has 7 heteroatoms. The minimum atomic E-state index is -3.42. The van der Waals surface area contributed by atoms with Gasteiger partial charge in [0.1, 0.15) is 5.78 Å². The number of benzene rings is 3. The van der Waals surface area contributed by atoms with E-state index in [1.54, 1.807) is 14.2 Å². The van der Waals surface area contributed by atoms with Crippen LogP contribution in [0.1, 0.15) is 24.7 Å². The predicted octanol–water partition coefficient (Wildman–Crippen LogP) is 5.91. The zero-order chi connectivity index (χ0) is 23.8. The van der Waals surface area contributed by atoms with Gasteiger partial charge in [-0.05, 0) is 60.5 Å². The van der Waals surface area contributed by atoms with E-state index >= 15 is 0 Å². The van der Waals surface area contributed by atoms with E-state index < -0.39 is 13.2 Å². The van der Waals surface area contributed by atoms with E-state index in [2.05, 4.69) is 5.32 Å². The second-order valence-corrected chi connectivity index (χ2v) is 10.4. The van der Waals surface area contributed by atoms with Crippen molar-refractivity contribution in [2.45, 2.75) is 19.1 Å². The Morgan fingerprint density at radius 2 is 1.58 bits per heavy atom. The molecule has 2 unspecified atom stereocenters. The van der Waals surface area contributed by atoms with Crippen LogP contribution in [-0.4, -0.2) is 34.9 Å². The van der Waals surface area contributed by atoms with Gasteiger partial charge in [0.25, 0.3) is 7.37 Å². The fourth-order valence-electron chi connectivity index (χ4n) is 3.56. The quantitative estimate of drug-likeness (QED) is 0.353. The molecule has 3 aromatic carbocycles. The second-order valence-electron chi connectivity index (χ2n) is 7.87. The standard InChI is InChI=1S/C26H33N2O4P/c1-6-18-32-33(29,23-15-13-22(14-16-23)28(2)3)26(27-21-10-8-7-9-11-21)20-12-17-24(30-4)25(19-20)31-5/h7-17,19,26-27H,6,18H2,1-5H3. The van der Waals surface area contributed by atoms with E-state index in [0.717, 1.165) is 23.4 Å². The van der Waals surface area contributed by atoms with Crippen LogP contribution in [0.2, 0.25) is 0 Å². The Labute approximate surface area is 196 Å². The van der Waals surface area contributed by atoms with Gasteiger partial charge in [0.05, 0.1) is 20.8 Å². The van der Waals surface area contributed by atoms with Crippen LogP contribution < -0.4 is 25.0 Å². The molecular formula is C26H33N2O4P. The Morgan fingerprint density at radius 3 is 2.15 bits per heavy atom. The van der Waals surface area contributed by atoms with Crippen molar-refractivity contribution in [3.05, 3.63) is 78.4 Å². The molecule has 176 valence electrons. The molecule has 0 saturated heterocycles. The van der Waals surface area contributed by atoms with Gasteiger partial charge in [-0.25, -0.2) is 0 Å². The van der Waals surface area contributed by atoms with Crippen molar-refractivity contribution in [2.75, 3.05) is 45.1 Å². The zero-order valence-corrected chi connectivity index (χ0v) is 20.8. The summed E-state index contributed by atoms with van der Waals surface area (Å²) in [7, 11) is 3.73. The average molecular weight is 469 g/mol. The third-order valence-electron chi connectivity index (χ3n) is 5.35. The molecule has 0 aliphatic rings. The largest absolute Gasteiger partial charge is 0.493 e. The molecule has 0 aliphatic heterocycles. The molecular weight excluding hydrogens is 435 g/mol. The van der Waals surface area contributed by atoms with Gasteiger partial charge in [-0.1, -0.05) is 31.2 Å². The van der Waals surface area contributed by atoms with Gasteiger partial charge in [0.15, 0.2) is 11.5 Å². The van der Waals surface area contributed by atoms with Gasteiger partial charge in [-0.3, -0.25) is 4.57 Å². The van der Waals surface area contributed by atoms with Gasteiger partial charge < -0.3 is 24.2 Å². The van der Waals surface area contributed by atoms with E-state index in [1.165, 1.54) is 0 Å². The number of hydrogen-bond donors (Lipinski definition) is 1. The molecule has 2 atom stereocenters. The third-order valence-corrected chi connectivity index (χ3v) is 8.04. The van der Waals surface area contributed by atoms with E-state index in [4.69, 9.17) is 14.0 Å². The lowest BCUT2D eigenvalue weighted by Gasteiger charge is -2.30. The molecule has 1 N–H and O–H groups in total. The number of ether oxygens (including phenoxy) is 2. The topological polar surface area (TPSA) is 60.0 Å². The van der Waals surface area contributed by atoms with Crippen molar-refractivity contribution in [1.82, 2.24) is 0 Å². The van der Waals surface area contributed by atoms with Crippen molar-refractivity contribution in [2.24, 2.45) is 0 Å². The summed E-state index contributed by atoms with van der Waals surface area (Å²) in [5, 5.41) is 4.13. The summed E-state index contributed by atoms with van der Waals surface area (Å²) in [6.07, 6.45) is 0.754. The highest BCUT2D eigenvalue weighted by Crippen LogP contribution is 2.59. The number of hydrogen-bond acceptors (Lipinski definition) is 6. The van der Waals surface area contributed by atoms with Gasteiger partial charge in [0, 0.05) is 30.8 Å². The molecule has 6 nitrogen and oxygen atoms in total. The highest BCUT2D eigenvalue weighted by Gasteiger charge is 2.38. The normalized spacial score (nSPS) is 13.6. The van der Waals surface area contributed by atoms with Crippen LogP contribution in [0.4, 0.5) is 11.4 Å². The van der Waals surface area contributed by atoms with E-state index in [-0.39, 0.29) is 0 Å². The van der Waals surface area contributed by atoms with Gasteiger partial charge in [0.2, 0.25) is 0 Å². The predicted molar refractivity (Wildman–Crippen MR) is 137 cm³/mol. The summed E-state index contributed by atoms with van der Waals surface area (Å²) < 4.78 is 31.9. The summed E-state index contributed by atoms with van der Waals surface area (Å²) >= 11 is 0. The molecule has 0 bridgehead atoms. The first-order chi connectivity index (χ1) is 15.9. The molecule has 0 amide bonds. The van der Waals surface area contributed by atoms with Gasteiger partial charge >= 0.3 is 0 Å². The van der Waals surface area contributed by atoms with E-state index in [1.807, 2.05) is 98.7 Å². The maximum Gasteiger partial charge on any atom is 0.258 e. The van der Waals surface area contributed by atoms with Gasteiger partial charge in [-0.2, -0.15) is 0 Å². The summed E-state index contributed by atoms with van der Waals surface area (Å²) in [5.74, 6) is 0.552. The number of methoxy groups -OCH3 is 2. The zero-order valence-electron chi connectivity index (χ0n) is 19.9. The Hall–Kier alpha value is -2.95. The number of rotatable bonds is 11. The SMILES string of the molecule is CCCOP(=O)(c1ccc(N(C)C)cc1)C(Nc1ccccc1)c1ccc(OC)c(OC)c1. The Morgan fingerprint density at radius 1 is 0.909 bits per heavy atom. The monoisotopic (exact) mass is 468 g/mol. The summed E-state index contributed by atoms with van der Waals surface area (Å²) in [5.41, 5.74) is 2.66. The van der Waals surface area contributed by atoms with Crippen LogP contribution in [-0.2, 0) is 9.09 Å². The van der Waals surface area contributed by atoms with E-state index in [0.29, 0.717) is 23.4 Å². The van der Waals surface area contributed by atoms with Crippen LogP contribution in [0.15, 0.2) is 72.8 Å². The van der Waals surface area contributed by atoms with Crippen molar-refractivity contribution in [3.63, 3.8) is 0 Å². The number of anilines is 2. The Balaban J connectivity index is 2.16. The molecule has 0 radical (unpaired) electrons. The maximum atomic E-state index is 14.7. The minimum absolute atomic E-state index is 0.382. The molecule has 0 spiro atoms. The lowest BCUT2D eigenvalue weighted by molar-refractivity contribution is 0.315. The van der Waals surface area contributed by atoms with Crippen molar-refractivity contribution >= 4 is 24.0 Å². The number of para-hydroxylation sites is 1. The highest BCUT2D eigenvalue weighted by atomic mass is 31.2. The first kappa shape index (κ1) is 24.7. The number of nitrogens with zero attached hydrogens (tertiary/aromatic N) is 1. The van der Waals surface area contributed by atoms with Crippen LogP contribution in [0.3, 0.4) is 0 Å². The average Bonchev–Trinajstić information content (AvgIpc) is 2.86. The molecule has 33 heavy (non-hydrogen) atoms. The molecule has 3 aromatic rings. The summed E-state index contributed by atoms with van der Waals surface area (Å²) in [6.45, 7) is 2.39. The second kappa shape index (κ2) is 11.3. The van der Waals surface area contributed by atoms with Crippen molar-refractivity contribution < 1.29 is 18.6 Å². The smallest absolute Gasteiger partial charge is 0.258 e. The molecule has 0 saturated carbocycles. The van der Waals surface area contributed by atoms with Crippen LogP contribution in [0, 0.1) is 0 Å². The fraction of sp³-hybridized carbons (Fsp3) is 0.308. The molecule has 0 aromatic heterocycles. The van der Waals surface area contributed by atoms with Crippen LogP contribution in [0.5, 0.6) is 11.5 Å². The molecule has 0 heterocycles.